The standard InChI is InChI=1S/C34H41FN4O2/c1-4-28(34(41)37-12-16-38-13-7-8-14-38)33(40)30-20-31(35)32(39-15-11-27(36)21-39)29(23(30)3)19-26-18-25-10-6-5-9-24(25)17-22(26)2/h4-6,9-10,17-18,20,27H,7-8,11-16,19,21,36H2,1-3H3,(H,37,41)/b28-4+. The first kappa shape index (κ1) is 29.0. The summed E-state index contributed by atoms with van der Waals surface area (Å²) in [6, 6.07) is 13.8. The number of Topliss-reactive ketones (excluding diaryl/α,β-unsaturated/α-hetero) is 1. The van der Waals surface area contributed by atoms with Crippen molar-refractivity contribution in [2.75, 3.05) is 44.2 Å². The number of hydrogen-bond donors (Lipinski definition) is 2. The molecule has 1 unspecified atom stereocenters. The van der Waals surface area contributed by atoms with Crippen LogP contribution in [0, 0.1) is 19.7 Å². The smallest absolute Gasteiger partial charge is 0.254 e. The van der Waals surface area contributed by atoms with Gasteiger partial charge in [0.1, 0.15) is 5.82 Å². The minimum Gasteiger partial charge on any atom is -0.367 e. The lowest BCUT2D eigenvalue weighted by Crippen LogP contribution is -2.35. The Morgan fingerprint density at radius 3 is 2.44 bits per heavy atom. The maximum absolute atomic E-state index is 16.1. The molecule has 3 N–H and O–H groups in total. The number of benzene rings is 3. The number of hydrogen-bond acceptors (Lipinski definition) is 5. The number of allylic oxidation sites excluding steroid dienone is 1. The van der Waals surface area contributed by atoms with E-state index in [0.717, 1.165) is 53.5 Å². The quantitative estimate of drug-likeness (QED) is 0.167. The van der Waals surface area contributed by atoms with Crippen molar-refractivity contribution in [1.29, 1.82) is 0 Å². The highest BCUT2D eigenvalue weighted by molar-refractivity contribution is 6.26. The molecule has 2 fully saturated rings. The zero-order valence-electron chi connectivity index (χ0n) is 24.4. The van der Waals surface area contributed by atoms with E-state index in [4.69, 9.17) is 5.73 Å². The van der Waals surface area contributed by atoms with Crippen LogP contribution in [0.5, 0.6) is 0 Å². The Labute approximate surface area is 242 Å². The van der Waals surface area contributed by atoms with Crippen molar-refractivity contribution in [3.63, 3.8) is 0 Å². The van der Waals surface area contributed by atoms with Crippen LogP contribution in [0.25, 0.3) is 10.8 Å². The molecule has 0 aliphatic carbocycles. The van der Waals surface area contributed by atoms with Crippen molar-refractivity contribution >= 4 is 28.2 Å². The van der Waals surface area contributed by atoms with E-state index in [1.165, 1.54) is 25.0 Å². The SMILES string of the molecule is C/C=C(/C(=O)NCCN1CCCC1)C(=O)c1cc(F)c(N2CCC(N)C2)c(Cc2cc3ccccc3cc2C)c1C. The van der Waals surface area contributed by atoms with Crippen LogP contribution in [0.3, 0.4) is 0 Å². The Kier molecular flexibility index (Phi) is 8.85. The van der Waals surface area contributed by atoms with Gasteiger partial charge in [0.05, 0.1) is 11.3 Å². The fraction of sp³-hybridized carbons (Fsp3) is 0.412. The van der Waals surface area contributed by atoms with Crippen molar-refractivity contribution in [1.82, 2.24) is 10.2 Å². The van der Waals surface area contributed by atoms with Crippen molar-refractivity contribution in [2.45, 2.75) is 52.5 Å². The molecule has 2 heterocycles. The van der Waals surface area contributed by atoms with Crippen LogP contribution >= 0.6 is 0 Å². The molecule has 2 saturated heterocycles. The molecule has 0 radical (unpaired) electrons. The van der Waals surface area contributed by atoms with E-state index in [9.17, 15) is 9.59 Å². The predicted molar refractivity (Wildman–Crippen MR) is 164 cm³/mol. The second-order valence-electron chi connectivity index (χ2n) is 11.5. The van der Waals surface area contributed by atoms with Crippen LogP contribution in [0.4, 0.5) is 10.1 Å². The minimum absolute atomic E-state index is 0.0230. The number of likely N-dealkylation sites (tertiary alicyclic amines) is 1. The van der Waals surface area contributed by atoms with Gasteiger partial charge >= 0.3 is 0 Å². The molecule has 7 heteroatoms. The van der Waals surface area contributed by atoms with Gasteiger partial charge in [-0.05, 0) is 92.2 Å². The van der Waals surface area contributed by atoms with Gasteiger partial charge in [-0.2, -0.15) is 0 Å². The topological polar surface area (TPSA) is 78.7 Å². The molecule has 0 bridgehead atoms. The number of carbonyl (C=O) groups excluding carboxylic acids is 2. The zero-order chi connectivity index (χ0) is 29.1. The highest BCUT2D eigenvalue weighted by Gasteiger charge is 2.30. The van der Waals surface area contributed by atoms with E-state index in [1.54, 1.807) is 6.92 Å². The van der Waals surface area contributed by atoms with E-state index in [1.807, 2.05) is 24.0 Å². The third kappa shape index (κ3) is 6.21. The molecule has 0 saturated carbocycles. The molecule has 5 rings (SSSR count). The van der Waals surface area contributed by atoms with Gasteiger partial charge in [0.15, 0.2) is 5.78 Å². The number of amides is 1. The molecule has 6 nitrogen and oxygen atoms in total. The summed E-state index contributed by atoms with van der Waals surface area (Å²) in [4.78, 5) is 31.2. The van der Waals surface area contributed by atoms with Gasteiger partial charge in [-0.25, -0.2) is 4.39 Å². The van der Waals surface area contributed by atoms with E-state index >= 15 is 4.39 Å². The number of halogens is 1. The molecule has 0 aromatic heterocycles. The first-order chi connectivity index (χ1) is 19.8. The highest BCUT2D eigenvalue weighted by atomic mass is 19.1. The van der Waals surface area contributed by atoms with Gasteiger partial charge in [0, 0.05) is 44.2 Å². The summed E-state index contributed by atoms with van der Waals surface area (Å²) < 4.78 is 16.1. The van der Waals surface area contributed by atoms with Crippen LogP contribution in [0.2, 0.25) is 0 Å². The Balaban J connectivity index is 1.49. The third-order valence-corrected chi connectivity index (χ3v) is 8.69. The zero-order valence-corrected chi connectivity index (χ0v) is 24.4. The maximum atomic E-state index is 16.1. The number of nitrogens with two attached hydrogens (primary N) is 1. The fourth-order valence-corrected chi connectivity index (χ4v) is 6.29. The summed E-state index contributed by atoms with van der Waals surface area (Å²) >= 11 is 0. The van der Waals surface area contributed by atoms with Crippen LogP contribution in [-0.4, -0.2) is 61.9 Å². The molecule has 3 aromatic carbocycles. The number of fused-ring (bicyclic) bond motifs is 1. The van der Waals surface area contributed by atoms with Gasteiger partial charge in [0.2, 0.25) is 0 Å². The average molecular weight is 557 g/mol. The number of rotatable bonds is 9. The van der Waals surface area contributed by atoms with Crippen molar-refractivity contribution in [2.24, 2.45) is 5.73 Å². The van der Waals surface area contributed by atoms with Crippen molar-refractivity contribution in [3.8, 4) is 0 Å². The molecule has 0 spiro atoms. The van der Waals surface area contributed by atoms with Crippen LogP contribution in [-0.2, 0) is 11.2 Å². The van der Waals surface area contributed by atoms with Crippen molar-refractivity contribution in [3.05, 3.63) is 87.7 Å². The number of ketones is 1. The van der Waals surface area contributed by atoms with E-state index in [-0.39, 0.29) is 17.2 Å². The minimum atomic E-state index is -0.455. The summed E-state index contributed by atoms with van der Waals surface area (Å²) in [6.45, 7) is 10.1. The van der Waals surface area contributed by atoms with E-state index in [0.29, 0.717) is 37.3 Å². The Morgan fingerprint density at radius 2 is 1.78 bits per heavy atom. The summed E-state index contributed by atoms with van der Waals surface area (Å²) in [5.74, 6) is -1.33. The average Bonchev–Trinajstić information content (AvgIpc) is 3.63. The predicted octanol–water partition coefficient (Wildman–Crippen LogP) is 5.06. The number of carbonyl (C=O) groups is 2. The molecule has 2 aliphatic rings. The third-order valence-electron chi connectivity index (χ3n) is 8.69. The monoisotopic (exact) mass is 556 g/mol. The van der Waals surface area contributed by atoms with Gasteiger partial charge in [-0.15, -0.1) is 0 Å². The van der Waals surface area contributed by atoms with Gasteiger partial charge < -0.3 is 20.9 Å². The number of nitrogens with zero attached hydrogens (tertiary/aromatic N) is 2. The highest BCUT2D eigenvalue weighted by Crippen LogP contribution is 2.36. The summed E-state index contributed by atoms with van der Waals surface area (Å²) in [5, 5.41) is 5.17. The van der Waals surface area contributed by atoms with E-state index in [2.05, 4.69) is 41.4 Å². The Bertz CT molecular complexity index is 1490. The largest absolute Gasteiger partial charge is 0.367 e. The lowest BCUT2D eigenvalue weighted by Gasteiger charge is -2.26. The summed E-state index contributed by atoms with van der Waals surface area (Å²) in [5.41, 5.74) is 10.6. The molecular weight excluding hydrogens is 515 g/mol. The number of aryl methyl sites for hydroxylation is 1. The lowest BCUT2D eigenvalue weighted by atomic mass is 9.88. The van der Waals surface area contributed by atoms with Crippen LogP contribution in [0.15, 0.2) is 54.1 Å². The normalized spacial score (nSPS) is 17.9. The molecule has 1 amide bonds. The maximum Gasteiger partial charge on any atom is 0.254 e. The Morgan fingerprint density at radius 1 is 1.07 bits per heavy atom. The second-order valence-corrected chi connectivity index (χ2v) is 11.5. The first-order valence-electron chi connectivity index (χ1n) is 14.8. The molecule has 41 heavy (non-hydrogen) atoms. The second kappa shape index (κ2) is 12.5. The molecule has 216 valence electrons. The fourth-order valence-electron chi connectivity index (χ4n) is 6.29. The molecule has 3 aromatic rings. The van der Waals surface area contributed by atoms with Gasteiger partial charge in [0.25, 0.3) is 5.91 Å². The van der Waals surface area contributed by atoms with Crippen LogP contribution < -0.4 is 16.0 Å². The first-order valence-corrected chi connectivity index (χ1v) is 14.8. The number of nitrogens with one attached hydrogen (secondary N) is 1. The Hall–Kier alpha value is -3.55. The number of anilines is 1. The van der Waals surface area contributed by atoms with Crippen molar-refractivity contribution < 1.29 is 14.0 Å². The lowest BCUT2D eigenvalue weighted by molar-refractivity contribution is -0.117. The molecule has 1 atom stereocenters. The summed E-state index contributed by atoms with van der Waals surface area (Å²) in [7, 11) is 0. The molecule has 2 aliphatic heterocycles. The molecular formula is C34H41FN4O2. The van der Waals surface area contributed by atoms with E-state index < -0.39 is 17.5 Å². The van der Waals surface area contributed by atoms with Gasteiger partial charge in [-0.1, -0.05) is 42.5 Å². The van der Waals surface area contributed by atoms with Gasteiger partial charge in [-0.3, -0.25) is 9.59 Å². The summed E-state index contributed by atoms with van der Waals surface area (Å²) in [6.07, 6.45) is 5.14. The van der Waals surface area contributed by atoms with Crippen LogP contribution in [0.1, 0.15) is 58.8 Å².